The lowest BCUT2D eigenvalue weighted by Crippen LogP contribution is -2.49. The highest BCUT2D eigenvalue weighted by Crippen LogP contribution is 2.27. The molecule has 9 heteroatoms. The van der Waals surface area contributed by atoms with Gasteiger partial charge in [-0.3, -0.25) is 19.8 Å². The first kappa shape index (κ1) is 19.7. The van der Waals surface area contributed by atoms with E-state index in [1.54, 1.807) is 23.1 Å². The molecule has 1 heterocycles. The first-order valence-corrected chi connectivity index (χ1v) is 8.74. The number of nitro groups is 1. The van der Waals surface area contributed by atoms with Gasteiger partial charge in [0.05, 0.1) is 4.92 Å². The van der Waals surface area contributed by atoms with E-state index in [2.05, 4.69) is 0 Å². The number of nitrogens with zero attached hydrogens (tertiary/aromatic N) is 3. The van der Waals surface area contributed by atoms with Crippen molar-refractivity contribution in [3.05, 3.63) is 69.8 Å². The molecule has 3 rings (SSSR count). The van der Waals surface area contributed by atoms with Crippen LogP contribution in [0.15, 0.2) is 42.5 Å². The summed E-state index contributed by atoms with van der Waals surface area (Å²) in [5.41, 5.74) is 0.202. The molecule has 0 spiro atoms. The second-order valence-corrected chi connectivity index (χ2v) is 6.41. The summed E-state index contributed by atoms with van der Waals surface area (Å²) in [5.74, 6) is -1.57. The molecule has 0 bridgehead atoms. The molecule has 0 aromatic heterocycles. The Kier molecular flexibility index (Phi) is 6.15. The summed E-state index contributed by atoms with van der Waals surface area (Å²) in [6.45, 7) is 2.04. The van der Waals surface area contributed by atoms with Crippen LogP contribution in [-0.4, -0.2) is 53.4 Å². The van der Waals surface area contributed by atoms with Gasteiger partial charge in [0.15, 0.2) is 6.61 Å². The molecule has 0 atom stereocenters. The normalized spacial score (nSPS) is 14.7. The summed E-state index contributed by atoms with van der Waals surface area (Å²) in [5, 5.41) is 11.0. The van der Waals surface area contributed by atoms with Gasteiger partial charge in [0.2, 0.25) is 5.75 Å². The van der Waals surface area contributed by atoms with Crippen molar-refractivity contribution in [3.63, 3.8) is 0 Å². The molecule has 0 radical (unpaired) electrons. The molecule has 0 saturated carbocycles. The highest BCUT2D eigenvalue weighted by Gasteiger charge is 2.23. The molecule has 7 nitrogen and oxygen atoms in total. The Bertz CT molecular complexity index is 870. The first-order chi connectivity index (χ1) is 13.4. The van der Waals surface area contributed by atoms with Crippen LogP contribution in [-0.2, 0) is 11.3 Å². The zero-order valence-electron chi connectivity index (χ0n) is 15.0. The van der Waals surface area contributed by atoms with Crippen LogP contribution in [0.5, 0.6) is 5.75 Å². The third kappa shape index (κ3) is 4.80. The van der Waals surface area contributed by atoms with Crippen LogP contribution in [0.3, 0.4) is 0 Å². The number of ether oxygens (including phenoxy) is 1. The molecular formula is C19H19F2N3O4. The SMILES string of the molecule is O=C(COc1cc(F)ccc1[N+](=O)[O-])N1CCN(Cc2ccccc2F)CC1. The maximum atomic E-state index is 13.7. The molecule has 2 aromatic rings. The highest BCUT2D eigenvalue weighted by atomic mass is 19.1. The van der Waals surface area contributed by atoms with Gasteiger partial charge in [-0.05, 0) is 12.1 Å². The number of piperazine rings is 1. The Morgan fingerprint density at radius 1 is 1.11 bits per heavy atom. The predicted molar refractivity (Wildman–Crippen MR) is 96.8 cm³/mol. The molecule has 2 aromatic carbocycles. The van der Waals surface area contributed by atoms with Crippen LogP contribution < -0.4 is 4.74 Å². The maximum Gasteiger partial charge on any atom is 0.311 e. The van der Waals surface area contributed by atoms with Gasteiger partial charge in [-0.1, -0.05) is 18.2 Å². The van der Waals surface area contributed by atoms with Crippen LogP contribution in [0.25, 0.3) is 0 Å². The average molecular weight is 391 g/mol. The van der Waals surface area contributed by atoms with Crippen LogP contribution >= 0.6 is 0 Å². The van der Waals surface area contributed by atoms with Crippen molar-refractivity contribution in [2.45, 2.75) is 6.54 Å². The van der Waals surface area contributed by atoms with Crippen molar-refractivity contribution in [2.24, 2.45) is 0 Å². The largest absolute Gasteiger partial charge is 0.477 e. The van der Waals surface area contributed by atoms with Gasteiger partial charge >= 0.3 is 5.69 Å². The Morgan fingerprint density at radius 3 is 2.50 bits per heavy atom. The summed E-state index contributed by atoms with van der Waals surface area (Å²) in [7, 11) is 0. The van der Waals surface area contributed by atoms with Crippen molar-refractivity contribution >= 4 is 11.6 Å². The fraction of sp³-hybridized carbons (Fsp3) is 0.316. The van der Waals surface area contributed by atoms with Gasteiger partial charge < -0.3 is 9.64 Å². The minimum Gasteiger partial charge on any atom is -0.477 e. The van der Waals surface area contributed by atoms with Crippen molar-refractivity contribution in [1.29, 1.82) is 0 Å². The van der Waals surface area contributed by atoms with E-state index in [1.165, 1.54) is 6.07 Å². The molecule has 1 aliphatic heterocycles. The molecule has 1 saturated heterocycles. The Labute approximate surface area is 160 Å². The van der Waals surface area contributed by atoms with E-state index in [0.29, 0.717) is 38.3 Å². The second-order valence-electron chi connectivity index (χ2n) is 6.41. The van der Waals surface area contributed by atoms with E-state index in [4.69, 9.17) is 4.74 Å². The number of hydrogen-bond donors (Lipinski definition) is 0. The number of amides is 1. The van der Waals surface area contributed by atoms with Crippen molar-refractivity contribution in [1.82, 2.24) is 9.80 Å². The topological polar surface area (TPSA) is 75.9 Å². The first-order valence-electron chi connectivity index (χ1n) is 8.74. The number of carbonyl (C=O) groups is 1. The van der Waals surface area contributed by atoms with E-state index in [9.17, 15) is 23.7 Å². The summed E-state index contributed by atoms with van der Waals surface area (Å²) >= 11 is 0. The number of hydrogen-bond acceptors (Lipinski definition) is 5. The Hall–Kier alpha value is -3.07. The maximum absolute atomic E-state index is 13.7. The van der Waals surface area contributed by atoms with E-state index in [-0.39, 0.29) is 17.5 Å². The third-order valence-corrected chi connectivity index (χ3v) is 4.55. The van der Waals surface area contributed by atoms with E-state index >= 15 is 0 Å². The average Bonchev–Trinajstić information content (AvgIpc) is 2.68. The van der Waals surface area contributed by atoms with Crippen molar-refractivity contribution in [3.8, 4) is 5.75 Å². The molecule has 0 aliphatic carbocycles. The molecule has 0 unspecified atom stereocenters. The molecule has 1 aliphatic rings. The van der Waals surface area contributed by atoms with Gasteiger partial charge in [-0.25, -0.2) is 8.78 Å². The van der Waals surface area contributed by atoms with Gasteiger partial charge in [0.25, 0.3) is 5.91 Å². The fourth-order valence-corrected chi connectivity index (χ4v) is 3.01. The number of nitro benzene ring substituents is 1. The zero-order chi connectivity index (χ0) is 20.1. The van der Waals surface area contributed by atoms with Crippen LogP contribution in [0.1, 0.15) is 5.56 Å². The number of carbonyl (C=O) groups excluding carboxylic acids is 1. The summed E-state index contributed by atoms with van der Waals surface area (Å²) in [6.07, 6.45) is 0. The van der Waals surface area contributed by atoms with Crippen molar-refractivity contribution < 1.29 is 23.2 Å². The quantitative estimate of drug-likeness (QED) is 0.559. The van der Waals surface area contributed by atoms with E-state index in [1.807, 2.05) is 4.90 Å². The highest BCUT2D eigenvalue weighted by molar-refractivity contribution is 5.78. The van der Waals surface area contributed by atoms with Gasteiger partial charge in [-0.2, -0.15) is 0 Å². The molecule has 1 amide bonds. The van der Waals surface area contributed by atoms with Gasteiger partial charge in [0.1, 0.15) is 11.6 Å². The number of benzene rings is 2. The lowest BCUT2D eigenvalue weighted by molar-refractivity contribution is -0.385. The van der Waals surface area contributed by atoms with E-state index < -0.39 is 23.0 Å². The van der Waals surface area contributed by atoms with Crippen LogP contribution in [0, 0.1) is 21.7 Å². The van der Waals surface area contributed by atoms with Gasteiger partial charge in [0, 0.05) is 50.4 Å². The molecule has 28 heavy (non-hydrogen) atoms. The van der Waals surface area contributed by atoms with Crippen LogP contribution in [0.4, 0.5) is 14.5 Å². The molecule has 148 valence electrons. The second kappa shape index (κ2) is 8.75. The summed E-state index contributed by atoms with van der Waals surface area (Å²) in [4.78, 5) is 26.2. The summed E-state index contributed by atoms with van der Waals surface area (Å²) in [6, 6.07) is 9.40. The van der Waals surface area contributed by atoms with Gasteiger partial charge in [-0.15, -0.1) is 0 Å². The number of rotatable bonds is 6. The molecule has 1 fully saturated rings. The summed E-state index contributed by atoms with van der Waals surface area (Å²) < 4.78 is 32.3. The zero-order valence-corrected chi connectivity index (χ0v) is 15.0. The lowest BCUT2D eigenvalue weighted by Gasteiger charge is -2.34. The minimum absolute atomic E-state index is 0.258. The smallest absolute Gasteiger partial charge is 0.311 e. The fourth-order valence-electron chi connectivity index (χ4n) is 3.01. The van der Waals surface area contributed by atoms with Crippen molar-refractivity contribution in [2.75, 3.05) is 32.8 Å². The Balaban J connectivity index is 1.51. The third-order valence-electron chi connectivity index (χ3n) is 4.55. The van der Waals surface area contributed by atoms with Crippen LogP contribution in [0.2, 0.25) is 0 Å². The predicted octanol–water partition coefficient (Wildman–Crippen LogP) is 2.60. The van der Waals surface area contributed by atoms with E-state index in [0.717, 1.165) is 18.2 Å². The Morgan fingerprint density at radius 2 is 1.82 bits per heavy atom. The minimum atomic E-state index is -0.694. The number of halogens is 2. The molecular weight excluding hydrogens is 372 g/mol. The lowest BCUT2D eigenvalue weighted by atomic mass is 10.2. The monoisotopic (exact) mass is 391 g/mol. The molecule has 0 N–H and O–H groups in total. The standard InChI is InChI=1S/C19H19F2N3O4/c20-15-5-6-17(24(26)27)18(11-15)28-13-19(25)23-9-7-22(8-10-23)12-14-3-1-2-4-16(14)21/h1-6,11H,7-10,12-13H2.